The Morgan fingerprint density at radius 3 is 0.403 bits per heavy atom. The average Bonchev–Trinajstić information content (AvgIpc) is 3.28. The quantitative estimate of drug-likeness (QED) is 0.0378. The van der Waals surface area contributed by atoms with Crippen LogP contribution in [-0.2, 0) is 24.0 Å². The molecule has 0 heterocycles. The number of hydrogen-bond donors (Lipinski definition) is 25. The van der Waals surface area contributed by atoms with E-state index in [1.807, 2.05) is 0 Å². The van der Waals surface area contributed by atoms with Crippen LogP contribution < -0.4 is 25.5 Å². The van der Waals surface area contributed by atoms with Crippen LogP contribution in [0.25, 0.3) is 0 Å². The van der Waals surface area contributed by atoms with Gasteiger partial charge in [-0.15, -0.1) is 0 Å². The molecule has 0 bridgehead atoms. The van der Waals surface area contributed by atoms with Crippen molar-refractivity contribution in [1.82, 2.24) is 0 Å². The number of hydrogen-bond acceptors (Lipinski definition) is 35. The van der Waals surface area contributed by atoms with Crippen LogP contribution in [0.15, 0.2) is 0 Å². The van der Waals surface area contributed by atoms with Crippen LogP contribution >= 0.6 is 0 Å². The smallest absolute Gasteiger partial charge is 0.547 e. The molecule has 0 radical (unpaired) electrons. The van der Waals surface area contributed by atoms with Gasteiger partial charge < -0.3 is 177 Å². The molecule has 0 rings (SSSR count). The average molecular weight is 1030 g/mol. The Morgan fingerprint density at radius 2 is 0.343 bits per heavy atom. The maximum absolute atomic E-state index is 9.98. The molecule has 0 spiro atoms. The summed E-state index contributed by atoms with van der Waals surface area (Å²) in [5.41, 5.74) is 0. The second kappa shape index (κ2) is 41.5. The van der Waals surface area contributed by atoms with Gasteiger partial charge in [0.1, 0.15) is 122 Å². The van der Waals surface area contributed by atoms with Crippen molar-refractivity contribution < 1.29 is 177 Å². The number of aliphatic hydroxyl groups excluding tert-OH is 25. The van der Waals surface area contributed by atoms with Crippen molar-refractivity contribution in [1.29, 1.82) is 0 Å². The Bertz CT molecular complexity index is 1090. The first-order valence-electron chi connectivity index (χ1n) is 17.3. The second-order valence-corrected chi connectivity index (χ2v) is 12.5. The van der Waals surface area contributed by atoms with Crippen molar-refractivity contribution in [3.05, 3.63) is 0 Å². The normalized spacial score (nSPS) is 19.8. The standard InChI is InChI=1S/5C6H12O7.B.Ca/c5*7-1-2(8)3(9)4(10)5(11)6(12)13;;/h5*2-5,7-11H,1H2,(H,12,13);;/q;;;;;+3;+2/p-5. The predicted octanol–water partition coefficient (Wildman–Crippen LogP) is -24.9. The Hall–Kier alpha value is -2.33. The van der Waals surface area contributed by atoms with Gasteiger partial charge in [0.2, 0.25) is 0 Å². The first-order valence-corrected chi connectivity index (χ1v) is 17.3. The molecule has 0 saturated heterocycles. The van der Waals surface area contributed by atoms with Gasteiger partial charge in [-0.2, -0.15) is 0 Å². The van der Waals surface area contributed by atoms with Gasteiger partial charge in [0, 0.05) is 0 Å². The van der Waals surface area contributed by atoms with E-state index in [-0.39, 0.29) is 46.2 Å². The Kier molecular flexibility index (Phi) is 48.8. The van der Waals surface area contributed by atoms with Gasteiger partial charge in [0.15, 0.2) is 0 Å². The van der Waals surface area contributed by atoms with E-state index in [0.717, 1.165) is 0 Å². The summed E-state index contributed by atoms with van der Waals surface area (Å²) in [6, 6.07) is 0. The van der Waals surface area contributed by atoms with E-state index in [2.05, 4.69) is 0 Å². The number of carbonyl (C=O) groups is 5. The van der Waals surface area contributed by atoms with Gasteiger partial charge in [0.05, 0.1) is 62.9 Å². The fourth-order valence-electron chi connectivity index (χ4n) is 3.31. The van der Waals surface area contributed by atoms with Crippen LogP contribution in [0.1, 0.15) is 0 Å². The maximum atomic E-state index is 9.98. The summed E-state index contributed by atoms with van der Waals surface area (Å²) in [6.07, 6.45) is -40.4. The van der Waals surface area contributed by atoms with Crippen molar-refractivity contribution in [3.63, 3.8) is 0 Å². The van der Waals surface area contributed by atoms with Crippen LogP contribution in [0.3, 0.4) is 0 Å². The number of aliphatic hydroxyl groups is 25. The van der Waals surface area contributed by atoms with E-state index in [0.29, 0.717) is 0 Å². The van der Waals surface area contributed by atoms with Crippen LogP contribution in [0.2, 0.25) is 0 Å². The molecule has 390 valence electrons. The molecular formula is C30H55BCaO35. The summed E-state index contributed by atoms with van der Waals surface area (Å²) in [5.74, 6) is -9.88. The SMILES string of the molecule is O=C([O-])C(O)C(O)C(O)C(O)CO.O=C([O-])C(O)C(O)C(O)C(O)CO.O=C([O-])C(O)C(O)C(O)C(O)CO.O=C([O-])C(O)C(O)C(O)C(O)CO.O=C([O-])C(O)C(O)C(O)C(O)CO.[B+3].[Ca+2]. The number of carboxylic acid groups (broad SMARTS) is 5. The maximum Gasteiger partial charge on any atom is 3.00 e. The van der Waals surface area contributed by atoms with E-state index in [1.54, 1.807) is 0 Å². The van der Waals surface area contributed by atoms with Crippen molar-refractivity contribution in [3.8, 4) is 0 Å². The van der Waals surface area contributed by atoms with Gasteiger partial charge in [0.25, 0.3) is 0 Å². The molecule has 35 nitrogen and oxygen atoms in total. The molecule has 20 unspecified atom stereocenters. The monoisotopic (exact) mass is 1030 g/mol. The topological polar surface area (TPSA) is 706 Å². The van der Waals surface area contributed by atoms with Gasteiger partial charge in [-0.1, -0.05) is 0 Å². The largest absolute Gasteiger partial charge is 3.00 e. The first kappa shape index (κ1) is 78.8. The van der Waals surface area contributed by atoms with Crippen molar-refractivity contribution in [2.24, 2.45) is 0 Å². The van der Waals surface area contributed by atoms with Crippen LogP contribution in [0.5, 0.6) is 0 Å². The van der Waals surface area contributed by atoms with Crippen molar-refractivity contribution in [2.45, 2.75) is 122 Å². The summed E-state index contributed by atoms with van der Waals surface area (Å²) in [7, 11) is 0. The number of carboxylic acids is 5. The fourth-order valence-corrected chi connectivity index (χ4v) is 3.31. The molecular weight excluding hydrogens is 971 g/mol. The van der Waals surface area contributed by atoms with Gasteiger partial charge in [-0.05, 0) is 0 Å². The van der Waals surface area contributed by atoms with E-state index in [9.17, 15) is 49.5 Å². The molecule has 25 N–H and O–H groups in total. The zero-order valence-electron chi connectivity index (χ0n) is 34.1. The molecule has 0 amide bonds. The first-order chi connectivity index (χ1) is 29.6. The molecule has 0 aromatic rings. The Labute approximate surface area is 406 Å². The summed E-state index contributed by atoms with van der Waals surface area (Å²) >= 11 is 0. The molecule has 0 fully saturated rings. The zero-order valence-corrected chi connectivity index (χ0v) is 36.3. The minimum Gasteiger partial charge on any atom is -0.547 e. The molecule has 0 aliphatic heterocycles. The third-order valence-corrected chi connectivity index (χ3v) is 7.48. The Balaban J connectivity index is -0.000000133. The summed E-state index contributed by atoms with van der Waals surface area (Å²) < 4.78 is 0. The molecule has 0 aliphatic carbocycles. The van der Waals surface area contributed by atoms with Gasteiger partial charge in [-0.25, -0.2) is 0 Å². The molecule has 67 heavy (non-hydrogen) atoms. The number of aliphatic carboxylic acids is 5. The Morgan fingerprint density at radius 1 is 0.254 bits per heavy atom. The third-order valence-electron chi connectivity index (χ3n) is 7.48. The minimum absolute atomic E-state index is 0. The van der Waals surface area contributed by atoms with Crippen LogP contribution in [0.4, 0.5) is 0 Å². The van der Waals surface area contributed by atoms with E-state index in [4.69, 9.17) is 128 Å². The molecule has 37 heteroatoms. The predicted molar refractivity (Wildman–Crippen MR) is 192 cm³/mol. The van der Waals surface area contributed by atoms with E-state index < -0.39 is 185 Å². The number of rotatable bonds is 25. The minimum atomic E-state index is -2.31. The third kappa shape index (κ3) is 31.5. The fraction of sp³-hybridized carbons (Fsp3) is 0.833. The summed E-state index contributed by atoms with van der Waals surface area (Å²) in [4.78, 5) is 49.9. The second-order valence-electron chi connectivity index (χ2n) is 12.5. The molecule has 0 saturated carbocycles. The molecule has 20 atom stereocenters. The zero-order chi connectivity index (χ0) is 53.0. The van der Waals surface area contributed by atoms with Crippen LogP contribution in [0, 0.1) is 0 Å². The van der Waals surface area contributed by atoms with Gasteiger partial charge in [-0.3, -0.25) is 0 Å². The van der Waals surface area contributed by atoms with Crippen molar-refractivity contribution >= 4 is 76.0 Å². The summed E-state index contributed by atoms with van der Waals surface area (Å²) in [6.45, 7) is -4.32. The van der Waals surface area contributed by atoms with E-state index >= 15 is 0 Å². The van der Waals surface area contributed by atoms with Crippen LogP contribution in [-0.4, -0.2) is 359 Å². The van der Waals surface area contributed by atoms with E-state index in [1.165, 1.54) is 0 Å². The van der Waals surface area contributed by atoms with Crippen molar-refractivity contribution in [2.75, 3.05) is 33.0 Å². The van der Waals surface area contributed by atoms with Gasteiger partial charge >= 0.3 is 46.2 Å². The molecule has 0 aromatic carbocycles. The molecule has 0 aromatic heterocycles. The molecule has 0 aliphatic rings. The summed E-state index contributed by atoms with van der Waals surface area (Å²) in [5, 5.41) is 267. The number of carbonyl (C=O) groups excluding carboxylic acids is 5.